The topological polar surface area (TPSA) is 386 Å². The molecule has 25 heteroatoms. The van der Waals surface area contributed by atoms with Gasteiger partial charge in [0.25, 0.3) is 0 Å². The highest BCUT2D eigenvalue weighted by Crippen LogP contribution is 2.24. The maximum Gasteiger partial charge on any atom is 0.329 e. The highest BCUT2D eigenvalue weighted by molar-refractivity contribution is 8.76. The van der Waals surface area contributed by atoms with Gasteiger partial charge in [0.2, 0.25) is 35.4 Å². The van der Waals surface area contributed by atoms with E-state index in [4.69, 9.17) is 16.6 Å². The molecule has 0 aliphatic carbocycles. The van der Waals surface area contributed by atoms with Crippen LogP contribution in [0, 0.1) is 5.92 Å². The molecule has 23 nitrogen and oxygen atoms in total. The molecule has 0 spiro atoms. The zero-order chi connectivity index (χ0) is 41.1. The SMILES string of the molecule is CC(C)[C@H](NC(=O)[C@H](CO)N=C([O-])CN)C(=O)NCC(=O)N[C@@H](CC(=O)O)C(=O)NC(=O)Cn1c([C@H](C)N)nc(C=NC(CSSCCO)C(=O)O)c1O. The minimum Gasteiger partial charge on any atom is -0.861 e. The molecule has 13 N–H and O–H groups in total. The lowest BCUT2D eigenvalue weighted by Crippen LogP contribution is -2.55. The van der Waals surface area contributed by atoms with Crippen molar-refractivity contribution in [1.29, 1.82) is 0 Å². The Bertz CT molecular complexity index is 1550. The second-order valence-corrected chi connectivity index (χ2v) is 14.1. The summed E-state index contributed by atoms with van der Waals surface area (Å²) in [5, 5.41) is 67.8. The van der Waals surface area contributed by atoms with Crippen molar-refractivity contribution in [3.63, 3.8) is 0 Å². The number of nitrogens with one attached hydrogen (secondary N) is 4. The summed E-state index contributed by atoms with van der Waals surface area (Å²) < 4.78 is 0.910. The van der Waals surface area contributed by atoms with E-state index in [2.05, 4.69) is 30.9 Å². The van der Waals surface area contributed by atoms with E-state index < -0.39 is 122 Å². The molecule has 0 radical (unpaired) electrons. The molecule has 1 aromatic rings. The number of amides is 5. The van der Waals surface area contributed by atoms with Crippen LogP contribution in [0.3, 0.4) is 0 Å². The number of carboxylic acid groups (broad SMARTS) is 2. The summed E-state index contributed by atoms with van der Waals surface area (Å²) >= 11 is 0. The second-order valence-electron chi connectivity index (χ2n) is 11.5. The van der Waals surface area contributed by atoms with Gasteiger partial charge in [-0.3, -0.25) is 48.6 Å². The molecule has 302 valence electrons. The van der Waals surface area contributed by atoms with Gasteiger partial charge in [-0.05, 0) is 18.7 Å². The van der Waals surface area contributed by atoms with E-state index in [1.807, 2.05) is 5.32 Å². The number of aliphatic carboxylic acids is 2. The van der Waals surface area contributed by atoms with Crippen LogP contribution in [-0.4, -0.2) is 151 Å². The van der Waals surface area contributed by atoms with E-state index in [0.29, 0.717) is 5.75 Å². The van der Waals surface area contributed by atoms with Crippen LogP contribution in [0.5, 0.6) is 5.88 Å². The number of nitrogens with two attached hydrogens (primary N) is 2. The number of aromatic hydroxyl groups is 1. The molecule has 1 aromatic heterocycles. The Hall–Kier alpha value is -4.82. The monoisotopic (exact) mass is 805 g/mol. The van der Waals surface area contributed by atoms with Gasteiger partial charge in [0.1, 0.15) is 30.1 Å². The number of hydrogen-bond acceptors (Lipinski definition) is 18. The molecule has 5 amide bonds. The summed E-state index contributed by atoms with van der Waals surface area (Å²) in [4.78, 5) is 98.4. The molecule has 0 aliphatic rings. The van der Waals surface area contributed by atoms with Crippen molar-refractivity contribution in [1.82, 2.24) is 30.8 Å². The van der Waals surface area contributed by atoms with Crippen LogP contribution in [0.15, 0.2) is 9.98 Å². The standard InChI is InChI=1S/C29H46N10O13S2/c1-13(2)23(38-26(48)17(11-41)35-19(42)7-30)27(49)33-9-20(43)34-15(6-22(45)46)25(47)37-21(44)10-39-24(14(3)31)36-16(28(39)50)8-32-18(29(51)52)12-54-53-5-4-40/h8,13-15,17-18,23,40-41,50H,4-7,9-12,30-31H2,1-3H3,(H,33,49)(H,34,43)(H,35,42)(H,38,48)(H,45,46)(H,51,52)(H,37,44,47)/p-1/t14-,15-,17-,18?,23-/m0/s1. The lowest BCUT2D eigenvalue weighted by molar-refractivity contribution is -0.217. The summed E-state index contributed by atoms with van der Waals surface area (Å²) in [6.07, 6.45) is -0.0286. The second kappa shape index (κ2) is 23.8. The minimum absolute atomic E-state index is 0.0163. The summed E-state index contributed by atoms with van der Waals surface area (Å²) in [6.45, 7) is 1.44. The van der Waals surface area contributed by atoms with Crippen LogP contribution < -0.4 is 37.8 Å². The van der Waals surface area contributed by atoms with E-state index in [1.54, 1.807) is 0 Å². The van der Waals surface area contributed by atoms with Gasteiger partial charge in [0.15, 0.2) is 12.1 Å². The number of aliphatic imine (C=N–C) groups is 2. The molecule has 1 heterocycles. The first-order chi connectivity index (χ1) is 25.4. The lowest BCUT2D eigenvalue weighted by Gasteiger charge is -2.24. The maximum absolute atomic E-state index is 12.9. The molecular weight excluding hydrogens is 761 g/mol. The van der Waals surface area contributed by atoms with E-state index in [1.165, 1.54) is 31.6 Å². The van der Waals surface area contributed by atoms with Crippen LogP contribution >= 0.6 is 21.6 Å². The number of imide groups is 1. The number of carbonyl (C=O) groups excluding carboxylic acids is 5. The first-order valence-electron chi connectivity index (χ1n) is 16.0. The summed E-state index contributed by atoms with van der Waals surface area (Å²) in [7, 11) is 2.38. The lowest BCUT2D eigenvalue weighted by atomic mass is 10.0. The molecule has 54 heavy (non-hydrogen) atoms. The zero-order valence-corrected chi connectivity index (χ0v) is 31.1. The molecular formula is C29H45N10O13S2-. The highest BCUT2D eigenvalue weighted by atomic mass is 33.1. The number of aliphatic hydroxyl groups is 2. The van der Waals surface area contributed by atoms with Gasteiger partial charge in [0.05, 0.1) is 38.4 Å². The van der Waals surface area contributed by atoms with E-state index in [0.717, 1.165) is 21.6 Å². The van der Waals surface area contributed by atoms with Crippen molar-refractivity contribution in [3.05, 3.63) is 11.5 Å². The minimum atomic E-state index is -1.84. The van der Waals surface area contributed by atoms with Crippen LogP contribution in [0.25, 0.3) is 0 Å². The van der Waals surface area contributed by atoms with Crippen LogP contribution in [0.2, 0.25) is 0 Å². The average molecular weight is 806 g/mol. The number of hydrogen-bond donors (Lipinski definition) is 11. The fourth-order valence-electron chi connectivity index (χ4n) is 4.13. The van der Waals surface area contributed by atoms with Crippen LogP contribution in [0.4, 0.5) is 0 Å². The average Bonchev–Trinajstić information content (AvgIpc) is 3.41. The fourth-order valence-corrected chi connectivity index (χ4v) is 6.02. The van der Waals surface area contributed by atoms with E-state index in [9.17, 15) is 59.1 Å². The number of aliphatic hydroxyl groups excluding tert-OH is 2. The molecule has 0 saturated carbocycles. The van der Waals surface area contributed by atoms with Gasteiger partial charge in [0, 0.05) is 18.1 Å². The Morgan fingerprint density at radius 1 is 0.981 bits per heavy atom. The molecule has 0 bridgehead atoms. The number of carbonyl (C=O) groups is 7. The molecule has 1 unspecified atom stereocenters. The van der Waals surface area contributed by atoms with Gasteiger partial charge in [-0.1, -0.05) is 35.4 Å². The third-order valence-corrected chi connectivity index (χ3v) is 9.14. The first-order valence-corrected chi connectivity index (χ1v) is 18.5. The summed E-state index contributed by atoms with van der Waals surface area (Å²) in [5.41, 5.74) is 10.8. The van der Waals surface area contributed by atoms with E-state index in [-0.39, 0.29) is 23.9 Å². The smallest absolute Gasteiger partial charge is 0.329 e. The van der Waals surface area contributed by atoms with Crippen molar-refractivity contribution in [3.8, 4) is 5.88 Å². The number of carboxylic acids is 2. The fraction of sp³-hybridized carbons (Fsp3) is 0.586. The summed E-state index contributed by atoms with van der Waals surface area (Å²) in [5.74, 6) is -9.93. The molecule has 0 aliphatic heterocycles. The zero-order valence-electron chi connectivity index (χ0n) is 29.5. The normalized spacial score (nSPS) is 14.5. The van der Waals surface area contributed by atoms with Gasteiger partial charge < -0.3 is 58.1 Å². The molecule has 0 aromatic carbocycles. The van der Waals surface area contributed by atoms with Crippen LogP contribution in [-0.2, 0) is 40.1 Å². The van der Waals surface area contributed by atoms with Crippen molar-refractivity contribution in [2.24, 2.45) is 27.4 Å². The molecule has 0 fully saturated rings. The van der Waals surface area contributed by atoms with Crippen molar-refractivity contribution >= 4 is 75.2 Å². The predicted octanol–water partition coefficient (Wildman–Crippen LogP) is -5.21. The molecule has 0 saturated heterocycles. The Labute approximate surface area is 316 Å². The number of imidazole rings is 1. The Morgan fingerprint density at radius 2 is 1.65 bits per heavy atom. The Kier molecular flexibility index (Phi) is 20.8. The Morgan fingerprint density at radius 3 is 2.19 bits per heavy atom. The quantitative estimate of drug-likeness (QED) is 0.0201. The third-order valence-electron chi connectivity index (χ3n) is 6.76. The van der Waals surface area contributed by atoms with Crippen molar-refractivity contribution in [2.75, 3.05) is 37.8 Å². The van der Waals surface area contributed by atoms with Gasteiger partial charge in [-0.25, -0.2) is 9.78 Å². The van der Waals surface area contributed by atoms with Crippen molar-refractivity contribution in [2.45, 2.75) is 63.9 Å². The summed E-state index contributed by atoms with van der Waals surface area (Å²) in [6, 6.07) is -6.82. The number of nitrogens with zero attached hydrogens (tertiary/aromatic N) is 4. The Balaban J connectivity index is 3.02. The van der Waals surface area contributed by atoms with Crippen molar-refractivity contribution < 1.29 is 64.2 Å². The number of rotatable bonds is 24. The van der Waals surface area contributed by atoms with Gasteiger partial charge in [-0.15, -0.1) is 0 Å². The first kappa shape index (κ1) is 47.2. The van der Waals surface area contributed by atoms with E-state index >= 15 is 0 Å². The van der Waals surface area contributed by atoms with Gasteiger partial charge in [-0.2, -0.15) is 0 Å². The van der Waals surface area contributed by atoms with Crippen LogP contribution in [0.1, 0.15) is 44.8 Å². The van der Waals surface area contributed by atoms with Gasteiger partial charge >= 0.3 is 11.9 Å². The number of aromatic nitrogens is 2. The maximum atomic E-state index is 12.9. The largest absolute Gasteiger partial charge is 0.861 e. The predicted molar refractivity (Wildman–Crippen MR) is 192 cm³/mol. The third kappa shape index (κ3) is 16.0. The molecule has 5 atom stereocenters. The molecule has 1 rings (SSSR count). The highest BCUT2D eigenvalue weighted by Gasteiger charge is 2.30.